The van der Waals surface area contributed by atoms with Crippen LogP contribution in [0.15, 0.2) is 0 Å². The van der Waals surface area contributed by atoms with E-state index < -0.39 is 0 Å². The van der Waals surface area contributed by atoms with Crippen molar-refractivity contribution in [2.45, 2.75) is 77.6 Å². The molecule has 0 aromatic heterocycles. The molecule has 0 unspecified atom stereocenters. The summed E-state index contributed by atoms with van der Waals surface area (Å²) in [6.45, 7) is 3.12. The largest absolute Gasteiger partial charge is 0.324 e. The lowest BCUT2D eigenvalue weighted by Crippen LogP contribution is -2.06. The molecule has 0 saturated carbocycles. The van der Waals surface area contributed by atoms with Crippen molar-refractivity contribution in [3.63, 3.8) is 0 Å². The maximum atomic E-state index is 8.27. The molecule has 0 bridgehead atoms. The zero-order chi connectivity index (χ0) is 11.9. The minimum atomic E-state index is 0.855. The van der Waals surface area contributed by atoms with Gasteiger partial charge in [-0.25, -0.2) is 0 Å². The highest BCUT2D eigenvalue weighted by molar-refractivity contribution is 4.63. The number of nitrogens with zero attached hydrogens (tertiary/aromatic N) is 1. The van der Waals surface area contributed by atoms with Gasteiger partial charge in [0.15, 0.2) is 6.19 Å². The third-order valence-electron chi connectivity index (χ3n) is 2.98. The Hall–Kier alpha value is -0.710. The maximum absolute atomic E-state index is 8.27. The van der Waals surface area contributed by atoms with Gasteiger partial charge < -0.3 is 5.32 Å². The van der Waals surface area contributed by atoms with E-state index >= 15 is 0 Å². The summed E-state index contributed by atoms with van der Waals surface area (Å²) in [5, 5.41) is 11.0. The Morgan fingerprint density at radius 3 is 1.62 bits per heavy atom. The smallest absolute Gasteiger partial charge is 0.176 e. The highest BCUT2D eigenvalue weighted by Crippen LogP contribution is 2.10. The molecule has 0 amide bonds. The second kappa shape index (κ2) is 14.3. The number of nitrogens with one attached hydrogen (secondary N) is 1. The van der Waals surface area contributed by atoms with Crippen LogP contribution in [0.1, 0.15) is 77.6 Å². The van der Waals surface area contributed by atoms with Crippen LogP contribution in [0.3, 0.4) is 0 Å². The molecule has 0 rings (SSSR count). The average Bonchev–Trinajstić information content (AvgIpc) is 2.31. The van der Waals surface area contributed by atoms with Crippen molar-refractivity contribution in [2.24, 2.45) is 0 Å². The van der Waals surface area contributed by atoms with Crippen molar-refractivity contribution in [3.8, 4) is 6.19 Å². The van der Waals surface area contributed by atoms with Crippen molar-refractivity contribution in [2.75, 3.05) is 6.54 Å². The van der Waals surface area contributed by atoms with Gasteiger partial charge in [-0.15, -0.1) is 0 Å². The highest BCUT2D eigenvalue weighted by atomic mass is 14.8. The van der Waals surface area contributed by atoms with Gasteiger partial charge in [-0.3, -0.25) is 0 Å². The fraction of sp³-hybridized carbons (Fsp3) is 0.929. The lowest BCUT2D eigenvalue weighted by Gasteiger charge is -2.02. The molecule has 1 N–H and O–H groups in total. The SMILES string of the molecule is CCCCCCCCCCCCCNC#N. The van der Waals surface area contributed by atoms with E-state index in [1.54, 1.807) is 0 Å². The van der Waals surface area contributed by atoms with Gasteiger partial charge in [0, 0.05) is 6.54 Å². The summed E-state index contributed by atoms with van der Waals surface area (Å²) in [6.07, 6.45) is 16.9. The van der Waals surface area contributed by atoms with Crippen LogP contribution in [0.2, 0.25) is 0 Å². The number of hydrogen-bond donors (Lipinski definition) is 1. The highest BCUT2D eigenvalue weighted by Gasteiger charge is 1.92. The average molecular weight is 224 g/mol. The zero-order valence-electron chi connectivity index (χ0n) is 10.9. The predicted molar refractivity (Wildman–Crippen MR) is 70.1 cm³/mol. The van der Waals surface area contributed by atoms with Crippen molar-refractivity contribution < 1.29 is 0 Å². The Kier molecular flexibility index (Phi) is 13.7. The summed E-state index contributed by atoms with van der Waals surface area (Å²) in [5.74, 6) is 0. The van der Waals surface area contributed by atoms with Crippen molar-refractivity contribution >= 4 is 0 Å². The molecule has 0 aliphatic heterocycles. The van der Waals surface area contributed by atoms with Gasteiger partial charge in [0.25, 0.3) is 0 Å². The molecular formula is C14H28N2. The molecule has 0 aliphatic rings. The first-order valence-electron chi connectivity index (χ1n) is 7.03. The van der Waals surface area contributed by atoms with Crippen LogP contribution in [0, 0.1) is 11.5 Å². The first-order chi connectivity index (χ1) is 7.91. The van der Waals surface area contributed by atoms with Gasteiger partial charge in [-0.1, -0.05) is 71.1 Å². The summed E-state index contributed by atoms with van der Waals surface area (Å²) in [7, 11) is 0. The van der Waals surface area contributed by atoms with Crippen LogP contribution >= 0.6 is 0 Å². The third-order valence-corrected chi connectivity index (χ3v) is 2.98. The summed E-state index contributed by atoms with van der Waals surface area (Å²) in [5.41, 5.74) is 0. The fourth-order valence-corrected chi connectivity index (χ4v) is 1.93. The first kappa shape index (κ1) is 15.3. The molecule has 0 fully saturated rings. The minimum Gasteiger partial charge on any atom is -0.324 e. The van der Waals surface area contributed by atoms with Gasteiger partial charge >= 0.3 is 0 Å². The third kappa shape index (κ3) is 13.3. The van der Waals surface area contributed by atoms with Crippen LogP contribution in [-0.2, 0) is 0 Å². The van der Waals surface area contributed by atoms with E-state index in [9.17, 15) is 0 Å². The number of hydrogen-bond acceptors (Lipinski definition) is 2. The van der Waals surface area contributed by atoms with Crippen molar-refractivity contribution in [1.29, 1.82) is 5.26 Å². The fourth-order valence-electron chi connectivity index (χ4n) is 1.93. The van der Waals surface area contributed by atoms with Gasteiger partial charge in [0.1, 0.15) is 0 Å². The minimum absolute atomic E-state index is 0.855. The molecule has 2 heteroatoms. The second-order valence-corrected chi connectivity index (χ2v) is 4.57. The molecule has 0 aromatic rings. The Labute approximate surface area is 101 Å². The summed E-state index contributed by atoms with van der Waals surface area (Å²) in [6, 6.07) is 0. The van der Waals surface area contributed by atoms with Gasteiger partial charge in [-0.05, 0) is 6.42 Å². The maximum Gasteiger partial charge on any atom is 0.176 e. The van der Waals surface area contributed by atoms with E-state index in [1.807, 2.05) is 6.19 Å². The molecule has 0 spiro atoms. The predicted octanol–water partition coefficient (Wildman–Crippen LogP) is 4.37. The molecule has 0 aromatic carbocycles. The van der Waals surface area contributed by atoms with E-state index in [2.05, 4.69) is 12.2 Å². The lowest BCUT2D eigenvalue weighted by atomic mass is 10.1. The molecule has 0 aliphatic carbocycles. The summed E-state index contributed by atoms with van der Waals surface area (Å²) < 4.78 is 0. The first-order valence-corrected chi connectivity index (χ1v) is 7.03. The zero-order valence-corrected chi connectivity index (χ0v) is 10.9. The lowest BCUT2D eigenvalue weighted by molar-refractivity contribution is 0.547. The van der Waals surface area contributed by atoms with E-state index in [0.29, 0.717) is 0 Å². The Morgan fingerprint density at radius 2 is 1.19 bits per heavy atom. The molecule has 16 heavy (non-hydrogen) atoms. The Bertz CT molecular complexity index is 161. The van der Waals surface area contributed by atoms with Crippen LogP contribution in [0.5, 0.6) is 0 Å². The normalized spacial score (nSPS) is 10.0. The molecule has 94 valence electrons. The summed E-state index contributed by atoms with van der Waals surface area (Å²) in [4.78, 5) is 0. The quantitative estimate of drug-likeness (QED) is 0.303. The van der Waals surface area contributed by atoms with Gasteiger partial charge in [-0.2, -0.15) is 5.26 Å². The molecule has 0 saturated heterocycles. The van der Waals surface area contributed by atoms with Crippen LogP contribution in [0.25, 0.3) is 0 Å². The molecular weight excluding hydrogens is 196 g/mol. The van der Waals surface area contributed by atoms with Crippen LogP contribution in [0.4, 0.5) is 0 Å². The molecule has 0 atom stereocenters. The van der Waals surface area contributed by atoms with E-state index in [-0.39, 0.29) is 0 Å². The van der Waals surface area contributed by atoms with Crippen molar-refractivity contribution in [3.05, 3.63) is 0 Å². The number of rotatable bonds is 12. The van der Waals surface area contributed by atoms with E-state index in [1.165, 1.54) is 64.2 Å². The Balaban J connectivity index is 2.86. The van der Waals surface area contributed by atoms with Crippen LogP contribution in [-0.4, -0.2) is 6.54 Å². The van der Waals surface area contributed by atoms with Gasteiger partial charge in [0.05, 0.1) is 0 Å². The molecule has 0 radical (unpaired) electrons. The van der Waals surface area contributed by atoms with E-state index in [4.69, 9.17) is 5.26 Å². The molecule has 0 heterocycles. The topological polar surface area (TPSA) is 35.8 Å². The molecule has 2 nitrogen and oxygen atoms in total. The van der Waals surface area contributed by atoms with E-state index in [0.717, 1.165) is 13.0 Å². The Morgan fingerprint density at radius 1 is 0.750 bits per heavy atom. The van der Waals surface area contributed by atoms with Crippen LogP contribution < -0.4 is 5.32 Å². The van der Waals surface area contributed by atoms with Gasteiger partial charge in [0.2, 0.25) is 0 Å². The number of nitriles is 1. The monoisotopic (exact) mass is 224 g/mol. The second-order valence-electron chi connectivity index (χ2n) is 4.57. The standard InChI is InChI=1S/C14H28N2/c1-2-3-4-5-6-7-8-9-10-11-12-13-16-14-15/h16H,2-13H2,1H3. The summed E-state index contributed by atoms with van der Waals surface area (Å²) >= 11 is 0. The number of unbranched alkanes of at least 4 members (excludes halogenated alkanes) is 10. The van der Waals surface area contributed by atoms with Crippen molar-refractivity contribution in [1.82, 2.24) is 5.32 Å².